The minimum Gasteiger partial charge on any atom is -0.479 e. The minimum absolute atomic E-state index is 0.0191. The van der Waals surface area contributed by atoms with E-state index in [-0.39, 0.29) is 11.9 Å². The summed E-state index contributed by atoms with van der Waals surface area (Å²) in [4.78, 5) is 8.90. The van der Waals surface area contributed by atoms with E-state index in [0.29, 0.717) is 23.1 Å². The lowest BCUT2D eigenvalue weighted by atomic mass is 10.0. The lowest BCUT2D eigenvalue weighted by Gasteiger charge is -2.20. The van der Waals surface area contributed by atoms with Crippen molar-refractivity contribution in [2.75, 3.05) is 12.4 Å². The number of nitrogens with one attached hydrogen (secondary N) is 1. The van der Waals surface area contributed by atoms with Gasteiger partial charge >= 0.3 is 0 Å². The first kappa shape index (κ1) is 22.4. The van der Waals surface area contributed by atoms with Crippen LogP contribution in [0.2, 0.25) is 0 Å². The maximum absolute atomic E-state index is 13.3. The van der Waals surface area contributed by atoms with Crippen LogP contribution in [-0.4, -0.2) is 31.8 Å². The fraction of sp³-hybridized carbons (Fsp3) is 0.280. The Morgan fingerprint density at radius 3 is 2.48 bits per heavy atom. The van der Waals surface area contributed by atoms with Crippen molar-refractivity contribution < 1.29 is 9.13 Å². The first-order chi connectivity index (χ1) is 16.0. The Morgan fingerprint density at radius 1 is 1.06 bits per heavy atom. The molecule has 8 heteroatoms. The van der Waals surface area contributed by atoms with E-state index in [0.717, 1.165) is 35.3 Å². The molecule has 0 spiro atoms. The van der Waals surface area contributed by atoms with Crippen LogP contribution in [0.15, 0.2) is 55.0 Å². The van der Waals surface area contributed by atoms with Crippen LogP contribution in [0.1, 0.15) is 42.6 Å². The minimum atomic E-state index is -0.244. The second-order valence-corrected chi connectivity index (χ2v) is 7.95. The molecule has 3 heterocycles. The fourth-order valence-electron chi connectivity index (χ4n) is 3.70. The molecule has 4 aromatic rings. The van der Waals surface area contributed by atoms with Gasteiger partial charge in [0.2, 0.25) is 5.88 Å². The third kappa shape index (κ3) is 5.00. The number of hydrogen-bond donors (Lipinski definition) is 1. The van der Waals surface area contributed by atoms with Crippen molar-refractivity contribution in [1.29, 1.82) is 0 Å². The molecular formula is C25H27FN6O. The summed E-state index contributed by atoms with van der Waals surface area (Å²) < 4.78 is 20.7. The fourth-order valence-corrected chi connectivity index (χ4v) is 3.70. The van der Waals surface area contributed by atoms with Crippen molar-refractivity contribution >= 4 is 5.82 Å². The number of aryl methyl sites for hydroxylation is 2. The quantitative estimate of drug-likeness (QED) is 0.388. The number of ether oxygens (including phenoxy) is 1. The SMILES string of the molecule is CCC[C@H](Nc1nnc(-c2ccc(-n3cnc(C)c3)c(OC)n2)cc1C)c1ccc(F)cc1. The number of aromatic nitrogens is 5. The van der Waals surface area contributed by atoms with Gasteiger partial charge in [-0.1, -0.05) is 25.5 Å². The van der Waals surface area contributed by atoms with Crippen molar-refractivity contribution in [3.05, 3.63) is 77.6 Å². The molecule has 33 heavy (non-hydrogen) atoms. The molecule has 7 nitrogen and oxygen atoms in total. The summed E-state index contributed by atoms with van der Waals surface area (Å²) >= 11 is 0. The summed E-state index contributed by atoms with van der Waals surface area (Å²) in [5, 5.41) is 12.3. The largest absolute Gasteiger partial charge is 0.479 e. The number of nitrogens with zero attached hydrogens (tertiary/aromatic N) is 5. The molecule has 3 aromatic heterocycles. The van der Waals surface area contributed by atoms with Crippen LogP contribution in [0.4, 0.5) is 10.2 Å². The van der Waals surface area contributed by atoms with Crippen molar-refractivity contribution in [2.45, 2.75) is 39.7 Å². The molecule has 0 saturated carbocycles. The standard InChI is InChI=1S/C25H27FN6O/c1-5-6-20(18-7-9-19(26)10-8-18)28-24-16(2)13-22(30-31-24)21-11-12-23(25(29-21)33-4)32-14-17(3)27-15-32/h7-15,20H,5-6H2,1-4H3,(H,28,31)/t20-/m0/s1. The highest BCUT2D eigenvalue weighted by Gasteiger charge is 2.16. The molecule has 0 radical (unpaired) electrons. The molecule has 0 aliphatic rings. The highest BCUT2D eigenvalue weighted by atomic mass is 19.1. The third-order valence-electron chi connectivity index (χ3n) is 5.43. The van der Waals surface area contributed by atoms with Crippen LogP contribution in [0, 0.1) is 19.7 Å². The predicted molar refractivity (Wildman–Crippen MR) is 126 cm³/mol. The molecule has 1 aromatic carbocycles. The van der Waals surface area contributed by atoms with Crippen molar-refractivity contribution in [1.82, 2.24) is 24.7 Å². The average molecular weight is 447 g/mol. The molecule has 4 rings (SSSR count). The number of benzene rings is 1. The molecule has 0 bridgehead atoms. The Bertz CT molecular complexity index is 1240. The molecule has 0 aliphatic heterocycles. The van der Waals surface area contributed by atoms with Crippen molar-refractivity contribution in [3.8, 4) is 23.0 Å². The van der Waals surface area contributed by atoms with Gasteiger partial charge in [0, 0.05) is 6.20 Å². The molecule has 0 aliphatic carbocycles. The van der Waals surface area contributed by atoms with Gasteiger partial charge in [-0.05, 0) is 61.7 Å². The summed E-state index contributed by atoms with van der Waals surface area (Å²) in [6.45, 7) is 6.03. The van der Waals surface area contributed by atoms with Gasteiger partial charge in [-0.2, -0.15) is 0 Å². The summed E-state index contributed by atoms with van der Waals surface area (Å²) in [6, 6.07) is 12.4. The van der Waals surface area contributed by atoms with Crippen molar-refractivity contribution in [2.24, 2.45) is 0 Å². The van der Waals surface area contributed by atoms with Crippen LogP contribution in [0.25, 0.3) is 17.1 Å². The Hall–Kier alpha value is -3.81. The zero-order valence-corrected chi connectivity index (χ0v) is 19.2. The number of rotatable bonds is 8. The molecule has 0 fully saturated rings. The molecular weight excluding hydrogens is 419 g/mol. The maximum atomic E-state index is 13.3. The molecule has 0 amide bonds. The zero-order chi connectivity index (χ0) is 23.4. The summed E-state index contributed by atoms with van der Waals surface area (Å²) in [6.07, 6.45) is 5.51. The van der Waals surface area contributed by atoms with Crippen LogP contribution >= 0.6 is 0 Å². The molecule has 170 valence electrons. The number of methoxy groups -OCH3 is 1. The lowest BCUT2D eigenvalue weighted by molar-refractivity contribution is 0.396. The van der Waals surface area contributed by atoms with E-state index < -0.39 is 0 Å². The average Bonchev–Trinajstić information content (AvgIpc) is 3.26. The predicted octanol–water partition coefficient (Wildman–Crippen LogP) is 5.44. The first-order valence-electron chi connectivity index (χ1n) is 10.9. The van der Waals surface area contributed by atoms with Gasteiger partial charge in [-0.25, -0.2) is 14.4 Å². The van der Waals surface area contributed by atoms with Gasteiger partial charge in [0.1, 0.15) is 17.2 Å². The van der Waals surface area contributed by atoms with E-state index in [2.05, 4.69) is 32.4 Å². The topological polar surface area (TPSA) is 77.8 Å². The number of anilines is 1. The number of halogens is 1. The summed E-state index contributed by atoms with van der Waals surface area (Å²) in [7, 11) is 1.59. The second-order valence-electron chi connectivity index (χ2n) is 7.95. The maximum Gasteiger partial charge on any atom is 0.238 e. The van der Waals surface area contributed by atoms with Crippen molar-refractivity contribution in [3.63, 3.8) is 0 Å². The van der Waals surface area contributed by atoms with Gasteiger partial charge < -0.3 is 14.6 Å². The molecule has 0 saturated heterocycles. The van der Waals surface area contributed by atoms with E-state index in [9.17, 15) is 4.39 Å². The van der Waals surface area contributed by atoms with E-state index in [4.69, 9.17) is 4.74 Å². The Morgan fingerprint density at radius 2 is 1.85 bits per heavy atom. The van der Waals surface area contributed by atoms with Gasteiger partial charge in [-0.15, -0.1) is 10.2 Å². The number of pyridine rings is 1. The number of hydrogen-bond acceptors (Lipinski definition) is 6. The summed E-state index contributed by atoms with van der Waals surface area (Å²) in [5.41, 5.74) is 4.98. The third-order valence-corrected chi connectivity index (χ3v) is 5.43. The van der Waals surface area contributed by atoms with E-state index >= 15 is 0 Å². The Labute approximate surface area is 192 Å². The van der Waals surface area contributed by atoms with Crippen LogP contribution < -0.4 is 10.1 Å². The first-order valence-corrected chi connectivity index (χ1v) is 10.9. The Balaban J connectivity index is 1.59. The zero-order valence-electron chi connectivity index (χ0n) is 19.2. The van der Waals surface area contributed by atoms with Gasteiger partial charge in [0.25, 0.3) is 0 Å². The van der Waals surface area contributed by atoms with Gasteiger partial charge in [0.05, 0.1) is 30.9 Å². The second kappa shape index (κ2) is 9.77. The van der Waals surface area contributed by atoms with E-state index in [1.165, 1.54) is 12.1 Å². The monoisotopic (exact) mass is 446 g/mol. The molecule has 0 unspecified atom stereocenters. The van der Waals surface area contributed by atoms with Crippen LogP contribution in [0.3, 0.4) is 0 Å². The smallest absolute Gasteiger partial charge is 0.238 e. The highest BCUT2D eigenvalue weighted by molar-refractivity contribution is 5.61. The van der Waals surface area contributed by atoms with E-state index in [1.54, 1.807) is 25.6 Å². The Kier molecular flexibility index (Phi) is 6.63. The lowest BCUT2D eigenvalue weighted by Crippen LogP contribution is -2.13. The molecule has 1 atom stereocenters. The van der Waals surface area contributed by atoms with Gasteiger partial charge in [-0.3, -0.25) is 0 Å². The van der Waals surface area contributed by atoms with Crippen LogP contribution in [-0.2, 0) is 0 Å². The number of imidazole rings is 1. The van der Waals surface area contributed by atoms with Gasteiger partial charge in [0.15, 0.2) is 5.82 Å². The normalized spacial score (nSPS) is 11.9. The van der Waals surface area contributed by atoms with E-state index in [1.807, 2.05) is 42.8 Å². The molecule has 1 N–H and O–H groups in total. The van der Waals surface area contributed by atoms with Crippen LogP contribution in [0.5, 0.6) is 5.88 Å². The summed E-state index contributed by atoms with van der Waals surface area (Å²) in [5.74, 6) is 0.927. The highest BCUT2D eigenvalue weighted by Crippen LogP contribution is 2.28.